The third-order valence-corrected chi connectivity index (χ3v) is 13.6. The normalized spacial score (nSPS) is 24.6. The molecule has 0 aromatic carbocycles. The van der Waals surface area contributed by atoms with Crippen LogP contribution in [-0.4, -0.2) is 18.7 Å². The molecule has 88 valence electrons. The van der Waals surface area contributed by atoms with Crippen LogP contribution in [0.3, 0.4) is 0 Å². The van der Waals surface area contributed by atoms with Gasteiger partial charge in [-0.3, -0.25) is 0 Å². The summed E-state index contributed by atoms with van der Waals surface area (Å²) in [6, 6.07) is 0. The Balaban J connectivity index is 2.84. The Morgan fingerprint density at radius 3 is 2.07 bits per heavy atom. The summed E-state index contributed by atoms with van der Waals surface area (Å²) in [7, 11) is -1.15. The van der Waals surface area contributed by atoms with Crippen LogP contribution in [-0.2, 0) is 0 Å². The summed E-state index contributed by atoms with van der Waals surface area (Å²) in [5, 5.41) is 0.524. The van der Waals surface area contributed by atoms with Gasteiger partial charge >= 0.3 is 0 Å². The summed E-state index contributed by atoms with van der Waals surface area (Å²) in [5.74, 6) is 1.27. The highest BCUT2D eigenvalue weighted by Crippen LogP contribution is 2.46. The molecule has 0 amide bonds. The van der Waals surface area contributed by atoms with Crippen molar-refractivity contribution >= 4 is 19.8 Å². The second-order valence-corrected chi connectivity index (χ2v) is 13.8. The summed E-state index contributed by atoms with van der Waals surface area (Å²) in [6.45, 7) is 17.1. The lowest BCUT2D eigenvalue weighted by Crippen LogP contribution is -2.48. The van der Waals surface area contributed by atoms with Crippen molar-refractivity contribution in [1.29, 1.82) is 0 Å². The molecule has 15 heavy (non-hydrogen) atoms. The Hall–Kier alpha value is 0.307. The van der Waals surface area contributed by atoms with Gasteiger partial charge in [-0.05, 0) is 25.3 Å². The molecule has 0 spiro atoms. The first-order valence-electron chi connectivity index (χ1n) is 5.93. The molecule has 0 saturated carbocycles. The highest BCUT2D eigenvalue weighted by atomic mass is 32.2. The first-order valence-corrected chi connectivity index (χ1v) is 10.1. The maximum Gasteiger partial charge on any atom is 0.0674 e. The first-order chi connectivity index (χ1) is 6.66. The molecule has 0 aromatic heterocycles. The maximum atomic E-state index is 2.57. The molecule has 1 unspecified atom stereocenters. The number of hydrogen-bond donors (Lipinski definition) is 0. The van der Waals surface area contributed by atoms with Crippen molar-refractivity contribution in [1.82, 2.24) is 0 Å². The Labute approximate surface area is 101 Å². The van der Waals surface area contributed by atoms with Gasteiger partial charge in [0.2, 0.25) is 0 Å². The Bertz CT molecular complexity index is 271. The molecular weight excluding hydrogens is 216 g/mol. The molecule has 0 aliphatic carbocycles. The van der Waals surface area contributed by atoms with Gasteiger partial charge in [0.25, 0.3) is 0 Å². The summed E-state index contributed by atoms with van der Waals surface area (Å²) in [4.78, 5) is 0.918. The molecular formula is C13H26SSi. The third-order valence-electron chi connectivity index (χ3n) is 4.46. The third kappa shape index (κ3) is 2.70. The van der Waals surface area contributed by atoms with Gasteiger partial charge in [0.05, 0.1) is 8.07 Å². The largest absolute Gasteiger partial charge is 0.157 e. The SMILES string of the molecule is CC1=C(C)CC([Si](C)(C)C(C)(C)C)SC1. The van der Waals surface area contributed by atoms with E-state index >= 15 is 0 Å². The fourth-order valence-corrected chi connectivity index (χ4v) is 7.63. The van der Waals surface area contributed by atoms with Crippen LogP contribution in [0.5, 0.6) is 0 Å². The fraction of sp³-hybridized carbons (Fsp3) is 0.846. The van der Waals surface area contributed by atoms with Crippen molar-refractivity contribution in [3.05, 3.63) is 11.1 Å². The van der Waals surface area contributed by atoms with E-state index < -0.39 is 8.07 Å². The van der Waals surface area contributed by atoms with Gasteiger partial charge in [-0.15, -0.1) is 0 Å². The predicted octanol–water partition coefficient (Wildman–Crippen LogP) is 4.88. The zero-order valence-corrected chi connectivity index (χ0v) is 13.2. The van der Waals surface area contributed by atoms with Crippen molar-refractivity contribution < 1.29 is 0 Å². The van der Waals surface area contributed by atoms with Crippen molar-refractivity contribution in [2.45, 2.75) is 64.0 Å². The quantitative estimate of drug-likeness (QED) is 0.467. The Morgan fingerprint density at radius 1 is 1.13 bits per heavy atom. The molecule has 1 heterocycles. The standard InChI is InChI=1S/C13H26SSi/c1-10-8-12(14-9-11(10)2)15(6,7)13(3,4)5/h12H,8-9H2,1-7H3. The molecule has 0 bridgehead atoms. The van der Waals surface area contributed by atoms with Crippen molar-refractivity contribution in [3.63, 3.8) is 0 Å². The lowest BCUT2D eigenvalue weighted by atomic mass is 10.1. The number of rotatable bonds is 1. The molecule has 1 aliphatic rings. The summed E-state index contributed by atoms with van der Waals surface area (Å²) < 4.78 is 0. The molecule has 2 heteroatoms. The average molecular weight is 243 g/mol. The number of hydrogen-bond acceptors (Lipinski definition) is 1. The molecule has 1 rings (SSSR count). The van der Waals surface area contributed by atoms with Crippen LogP contribution in [0, 0.1) is 0 Å². The molecule has 0 nitrogen and oxygen atoms in total. The summed E-state index contributed by atoms with van der Waals surface area (Å²) >= 11 is 2.21. The monoisotopic (exact) mass is 242 g/mol. The maximum absolute atomic E-state index is 2.57. The van der Waals surface area contributed by atoms with E-state index in [0.717, 1.165) is 4.87 Å². The van der Waals surface area contributed by atoms with Gasteiger partial charge in [-0.25, -0.2) is 0 Å². The van der Waals surface area contributed by atoms with Crippen LogP contribution >= 0.6 is 11.8 Å². The van der Waals surface area contributed by atoms with E-state index in [0.29, 0.717) is 5.04 Å². The molecule has 0 saturated heterocycles. The number of thioether (sulfide) groups is 1. The van der Waals surface area contributed by atoms with Gasteiger partial charge in [0.15, 0.2) is 0 Å². The average Bonchev–Trinajstić information content (AvgIpc) is 2.07. The van der Waals surface area contributed by atoms with Crippen LogP contribution in [0.25, 0.3) is 0 Å². The second kappa shape index (κ2) is 4.29. The van der Waals surface area contributed by atoms with Crippen LogP contribution in [0.4, 0.5) is 0 Å². The van der Waals surface area contributed by atoms with Gasteiger partial charge in [-0.2, -0.15) is 11.8 Å². The van der Waals surface area contributed by atoms with Gasteiger partial charge in [0.1, 0.15) is 0 Å². The second-order valence-electron chi connectivity index (χ2n) is 6.54. The van der Waals surface area contributed by atoms with E-state index in [1.807, 2.05) is 0 Å². The zero-order chi connectivity index (χ0) is 11.9. The predicted molar refractivity (Wildman–Crippen MR) is 76.4 cm³/mol. The number of allylic oxidation sites excluding steroid dienone is 1. The molecule has 1 aliphatic heterocycles. The minimum Gasteiger partial charge on any atom is -0.157 e. The Kier molecular flexibility index (Phi) is 3.82. The summed E-state index contributed by atoms with van der Waals surface area (Å²) in [5.41, 5.74) is 3.28. The van der Waals surface area contributed by atoms with Crippen molar-refractivity contribution in [2.24, 2.45) is 0 Å². The highest BCUT2D eigenvalue weighted by molar-refractivity contribution is 8.01. The van der Waals surface area contributed by atoms with E-state index in [4.69, 9.17) is 0 Å². The van der Waals surface area contributed by atoms with Gasteiger partial charge in [0, 0.05) is 10.6 Å². The Morgan fingerprint density at radius 2 is 1.67 bits per heavy atom. The van der Waals surface area contributed by atoms with Crippen molar-refractivity contribution in [2.75, 3.05) is 5.75 Å². The van der Waals surface area contributed by atoms with E-state index in [-0.39, 0.29) is 0 Å². The van der Waals surface area contributed by atoms with E-state index in [1.54, 1.807) is 11.1 Å². The molecule has 0 N–H and O–H groups in total. The molecule has 0 aromatic rings. The van der Waals surface area contributed by atoms with Gasteiger partial charge < -0.3 is 0 Å². The van der Waals surface area contributed by atoms with Crippen LogP contribution in [0.2, 0.25) is 18.1 Å². The fourth-order valence-electron chi connectivity index (χ4n) is 1.81. The van der Waals surface area contributed by atoms with Crippen LogP contribution in [0.15, 0.2) is 11.1 Å². The zero-order valence-electron chi connectivity index (χ0n) is 11.4. The lowest BCUT2D eigenvalue weighted by Gasteiger charge is -2.44. The highest BCUT2D eigenvalue weighted by Gasteiger charge is 2.43. The lowest BCUT2D eigenvalue weighted by molar-refractivity contribution is 0.705. The van der Waals surface area contributed by atoms with E-state index in [9.17, 15) is 0 Å². The molecule has 1 atom stereocenters. The van der Waals surface area contributed by atoms with Crippen LogP contribution < -0.4 is 0 Å². The minimum atomic E-state index is -1.15. The van der Waals surface area contributed by atoms with Gasteiger partial charge in [-0.1, -0.05) is 45.0 Å². The topological polar surface area (TPSA) is 0 Å². The minimum absolute atomic E-state index is 0.524. The molecule has 0 radical (unpaired) electrons. The smallest absolute Gasteiger partial charge is 0.0674 e. The molecule has 0 fully saturated rings. The first kappa shape index (κ1) is 13.4. The van der Waals surface area contributed by atoms with E-state index in [1.165, 1.54) is 12.2 Å². The van der Waals surface area contributed by atoms with Crippen LogP contribution in [0.1, 0.15) is 41.0 Å². The summed E-state index contributed by atoms with van der Waals surface area (Å²) in [6.07, 6.45) is 1.34. The van der Waals surface area contributed by atoms with E-state index in [2.05, 4.69) is 59.5 Å². The van der Waals surface area contributed by atoms with Crippen molar-refractivity contribution in [3.8, 4) is 0 Å².